The van der Waals surface area contributed by atoms with Crippen molar-refractivity contribution in [3.8, 4) is 11.1 Å². The number of H-pyrrole nitrogens is 1. The van der Waals surface area contributed by atoms with E-state index in [1.165, 1.54) is 0 Å². The van der Waals surface area contributed by atoms with Gasteiger partial charge in [-0.25, -0.2) is 0 Å². The number of carbonyl (C=O) groups is 1. The van der Waals surface area contributed by atoms with Crippen LogP contribution in [0.25, 0.3) is 22.0 Å². The quantitative estimate of drug-likeness (QED) is 0.663. The maximum absolute atomic E-state index is 12.7. The molecule has 0 saturated carbocycles. The number of likely N-dealkylation sites (tertiary alicyclic amines) is 1. The zero-order chi connectivity index (χ0) is 19.7. The van der Waals surface area contributed by atoms with Crippen LogP contribution in [0, 0.1) is 0 Å². The van der Waals surface area contributed by atoms with E-state index in [1.807, 2.05) is 48.4 Å². The Hall–Kier alpha value is -2.79. The molecule has 0 bridgehead atoms. The molecule has 1 aliphatic heterocycles. The Morgan fingerprint density at radius 2 is 2.04 bits per heavy atom. The number of halogens is 1. The predicted molar refractivity (Wildman–Crippen MR) is 113 cm³/mol. The van der Waals surface area contributed by atoms with Crippen LogP contribution < -0.4 is 5.56 Å². The number of aromatic nitrogens is 2. The Balaban J connectivity index is 1.78. The molecule has 0 spiro atoms. The van der Waals surface area contributed by atoms with Gasteiger partial charge in [-0.3, -0.25) is 9.59 Å². The van der Waals surface area contributed by atoms with Crippen molar-refractivity contribution in [2.75, 3.05) is 13.1 Å². The highest BCUT2D eigenvalue weighted by atomic mass is 35.5. The molecular weight excluding hydrogens is 374 g/mol. The lowest BCUT2D eigenvalue weighted by atomic mass is 10.0. The number of hydrogen-bond acceptors (Lipinski definition) is 2. The summed E-state index contributed by atoms with van der Waals surface area (Å²) in [5.41, 5.74) is 2.81. The van der Waals surface area contributed by atoms with E-state index < -0.39 is 0 Å². The third kappa shape index (κ3) is 3.27. The Morgan fingerprint density at radius 1 is 1.25 bits per heavy atom. The minimum Gasteiger partial charge on any atom is -0.357 e. The SMILES string of the molecule is C/C=C/Cn1cc(-c2ccc(C(=O)N3CCCC3)c(Cl)c2)c2cc[nH]c2c1=O. The molecule has 1 aromatic carbocycles. The van der Waals surface area contributed by atoms with Gasteiger partial charge in [-0.05, 0) is 43.5 Å². The van der Waals surface area contributed by atoms with Gasteiger partial charge >= 0.3 is 0 Å². The van der Waals surface area contributed by atoms with Gasteiger partial charge in [0.15, 0.2) is 0 Å². The lowest BCUT2D eigenvalue weighted by Gasteiger charge is -2.17. The second kappa shape index (κ2) is 7.68. The fourth-order valence-electron chi connectivity index (χ4n) is 3.73. The highest BCUT2D eigenvalue weighted by Gasteiger charge is 2.22. The summed E-state index contributed by atoms with van der Waals surface area (Å²) in [6, 6.07) is 7.40. The van der Waals surface area contributed by atoms with Crippen LogP contribution in [-0.4, -0.2) is 33.4 Å². The fraction of sp³-hybridized carbons (Fsp3) is 0.273. The molecule has 144 valence electrons. The Kier molecular flexibility index (Phi) is 5.09. The number of benzene rings is 1. The second-order valence-electron chi connectivity index (χ2n) is 7.03. The fourth-order valence-corrected chi connectivity index (χ4v) is 3.99. The summed E-state index contributed by atoms with van der Waals surface area (Å²) in [5.74, 6) is -0.0149. The third-order valence-corrected chi connectivity index (χ3v) is 5.55. The topological polar surface area (TPSA) is 58.1 Å². The van der Waals surface area contributed by atoms with Crippen LogP contribution in [-0.2, 0) is 6.54 Å². The summed E-state index contributed by atoms with van der Waals surface area (Å²) in [6.07, 6.45) is 9.56. The molecule has 6 heteroatoms. The van der Waals surface area contributed by atoms with Crippen molar-refractivity contribution in [1.82, 2.24) is 14.5 Å². The highest BCUT2D eigenvalue weighted by Crippen LogP contribution is 2.31. The molecule has 1 fully saturated rings. The number of carbonyl (C=O) groups excluding carboxylic acids is 1. The first-order valence-corrected chi connectivity index (χ1v) is 9.89. The molecule has 3 heterocycles. The number of allylic oxidation sites excluding steroid dienone is 2. The molecule has 5 nitrogen and oxygen atoms in total. The van der Waals surface area contributed by atoms with Crippen molar-refractivity contribution >= 4 is 28.4 Å². The van der Waals surface area contributed by atoms with Crippen LogP contribution in [0.3, 0.4) is 0 Å². The molecule has 28 heavy (non-hydrogen) atoms. The van der Waals surface area contributed by atoms with Crippen LogP contribution in [0.1, 0.15) is 30.1 Å². The number of fused-ring (bicyclic) bond motifs is 1. The van der Waals surface area contributed by atoms with Gasteiger partial charge in [0.05, 0.1) is 10.6 Å². The summed E-state index contributed by atoms with van der Waals surface area (Å²) >= 11 is 6.50. The molecule has 1 saturated heterocycles. The predicted octanol–water partition coefficient (Wildman–Crippen LogP) is 4.46. The number of nitrogens with zero attached hydrogens (tertiary/aromatic N) is 2. The number of aromatic amines is 1. The summed E-state index contributed by atoms with van der Waals surface area (Å²) in [6.45, 7) is 4.00. The number of nitrogens with one attached hydrogen (secondary N) is 1. The molecule has 0 aliphatic carbocycles. The first-order chi connectivity index (χ1) is 13.6. The smallest absolute Gasteiger partial charge is 0.275 e. The standard InChI is InChI=1S/C22H22ClN3O2/c1-2-3-10-26-14-18(16-8-9-24-20(16)22(26)28)15-6-7-17(19(23)13-15)21(27)25-11-4-5-12-25/h2-3,6-9,13-14,24H,4-5,10-12H2,1H3/b3-2+. The van der Waals surface area contributed by atoms with E-state index in [2.05, 4.69) is 4.98 Å². The largest absolute Gasteiger partial charge is 0.357 e. The van der Waals surface area contributed by atoms with Crippen molar-refractivity contribution in [2.45, 2.75) is 26.3 Å². The van der Waals surface area contributed by atoms with E-state index in [0.29, 0.717) is 22.6 Å². The first kappa shape index (κ1) is 18.6. The van der Waals surface area contributed by atoms with E-state index in [4.69, 9.17) is 11.6 Å². The second-order valence-corrected chi connectivity index (χ2v) is 7.44. The van der Waals surface area contributed by atoms with Crippen LogP contribution >= 0.6 is 11.6 Å². The van der Waals surface area contributed by atoms with E-state index in [9.17, 15) is 9.59 Å². The van der Waals surface area contributed by atoms with Crippen LogP contribution in [0.5, 0.6) is 0 Å². The molecule has 1 amide bonds. The maximum Gasteiger partial charge on any atom is 0.275 e. The average Bonchev–Trinajstić information content (AvgIpc) is 3.39. The van der Waals surface area contributed by atoms with Gasteiger partial charge < -0.3 is 14.5 Å². The third-order valence-electron chi connectivity index (χ3n) is 5.24. The van der Waals surface area contributed by atoms with Crippen molar-refractivity contribution in [3.05, 3.63) is 69.8 Å². The lowest BCUT2D eigenvalue weighted by molar-refractivity contribution is 0.0793. The van der Waals surface area contributed by atoms with E-state index in [1.54, 1.807) is 16.8 Å². The molecule has 1 N–H and O–H groups in total. The van der Waals surface area contributed by atoms with Gasteiger partial charge in [-0.15, -0.1) is 0 Å². The Bertz CT molecular complexity index is 1120. The summed E-state index contributed by atoms with van der Waals surface area (Å²) in [7, 11) is 0. The number of rotatable bonds is 4. The van der Waals surface area contributed by atoms with Crippen LogP contribution in [0.15, 0.2) is 53.6 Å². The molecule has 0 unspecified atom stereocenters. The first-order valence-electron chi connectivity index (χ1n) is 9.51. The van der Waals surface area contributed by atoms with Gasteiger partial charge in [0.2, 0.25) is 0 Å². The van der Waals surface area contributed by atoms with Gasteiger partial charge in [0, 0.05) is 43.0 Å². The minimum atomic E-state index is -0.0613. The molecular formula is C22H22ClN3O2. The van der Waals surface area contributed by atoms with Gasteiger partial charge in [-0.2, -0.15) is 0 Å². The molecule has 3 aromatic rings. The van der Waals surface area contributed by atoms with E-state index in [-0.39, 0.29) is 11.5 Å². The Labute approximate surface area is 168 Å². The monoisotopic (exact) mass is 395 g/mol. The van der Waals surface area contributed by atoms with Crippen molar-refractivity contribution in [1.29, 1.82) is 0 Å². The highest BCUT2D eigenvalue weighted by molar-refractivity contribution is 6.34. The van der Waals surface area contributed by atoms with Gasteiger partial charge in [0.25, 0.3) is 11.5 Å². The molecule has 4 rings (SSSR count). The number of pyridine rings is 1. The zero-order valence-corrected chi connectivity index (χ0v) is 16.5. The van der Waals surface area contributed by atoms with Gasteiger partial charge in [-0.1, -0.05) is 29.8 Å². The molecule has 2 aromatic heterocycles. The normalized spacial score (nSPS) is 14.4. The minimum absolute atomic E-state index is 0.0149. The van der Waals surface area contributed by atoms with E-state index in [0.717, 1.165) is 42.4 Å². The zero-order valence-electron chi connectivity index (χ0n) is 15.7. The average molecular weight is 396 g/mol. The van der Waals surface area contributed by atoms with E-state index >= 15 is 0 Å². The molecule has 0 radical (unpaired) electrons. The number of amides is 1. The molecule has 1 aliphatic rings. The summed E-state index contributed by atoms with van der Waals surface area (Å²) in [5, 5.41) is 1.28. The van der Waals surface area contributed by atoms with Crippen molar-refractivity contribution in [3.63, 3.8) is 0 Å². The van der Waals surface area contributed by atoms with Crippen molar-refractivity contribution < 1.29 is 4.79 Å². The van der Waals surface area contributed by atoms with Crippen LogP contribution in [0.4, 0.5) is 0 Å². The Morgan fingerprint density at radius 3 is 2.75 bits per heavy atom. The van der Waals surface area contributed by atoms with Crippen molar-refractivity contribution in [2.24, 2.45) is 0 Å². The van der Waals surface area contributed by atoms with Crippen LogP contribution in [0.2, 0.25) is 5.02 Å². The lowest BCUT2D eigenvalue weighted by Crippen LogP contribution is -2.27. The number of hydrogen-bond donors (Lipinski definition) is 1. The molecule has 0 atom stereocenters. The summed E-state index contributed by atoms with van der Waals surface area (Å²) in [4.78, 5) is 30.2. The summed E-state index contributed by atoms with van der Waals surface area (Å²) < 4.78 is 1.67. The van der Waals surface area contributed by atoms with Gasteiger partial charge in [0.1, 0.15) is 5.52 Å². The maximum atomic E-state index is 12.7.